The van der Waals surface area contributed by atoms with Crippen molar-refractivity contribution in [3.05, 3.63) is 54.0 Å². The maximum Gasteiger partial charge on any atom is 0.408 e. The van der Waals surface area contributed by atoms with E-state index in [1.165, 1.54) is 46.9 Å². The van der Waals surface area contributed by atoms with Crippen molar-refractivity contribution in [1.29, 1.82) is 0 Å². The van der Waals surface area contributed by atoms with Gasteiger partial charge in [-0.15, -0.1) is 10.2 Å². The molecule has 190 valence electrons. The van der Waals surface area contributed by atoms with Gasteiger partial charge < -0.3 is 15.2 Å². The summed E-state index contributed by atoms with van der Waals surface area (Å²) >= 11 is 0. The Kier molecular flexibility index (Phi) is 6.27. The van der Waals surface area contributed by atoms with E-state index in [2.05, 4.69) is 15.2 Å². The molecule has 1 aliphatic heterocycles. The molecule has 0 spiro atoms. The van der Waals surface area contributed by atoms with Crippen LogP contribution in [0.1, 0.15) is 18.5 Å². The smallest absolute Gasteiger partial charge is 0.408 e. The van der Waals surface area contributed by atoms with Gasteiger partial charge in [-0.3, -0.25) is 9.30 Å². The summed E-state index contributed by atoms with van der Waals surface area (Å²) in [7, 11) is 1.44. The van der Waals surface area contributed by atoms with Crippen LogP contribution in [0.2, 0.25) is 0 Å². The Bertz CT molecular complexity index is 1410. The monoisotopic (exact) mass is 504 g/mol. The largest absolute Gasteiger partial charge is 0.491 e. The molecule has 4 heterocycles. The Morgan fingerprint density at radius 2 is 1.94 bits per heavy atom. The molecule has 1 fully saturated rings. The molecule has 36 heavy (non-hydrogen) atoms. The molecule has 5 rings (SSSR count). The van der Waals surface area contributed by atoms with E-state index in [-0.39, 0.29) is 36.8 Å². The number of pyridine rings is 2. The van der Waals surface area contributed by atoms with E-state index in [9.17, 15) is 17.6 Å². The fourth-order valence-electron chi connectivity index (χ4n) is 4.65. The lowest BCUT2D eigenvalue weighted by Gasteiger charge is -2.30. The third-order valence-electron chi connectivity index (χ3n) is 6.33. The van der Waals surface area contributed by atoms with E-state index >= 15 is 0 Å². The molecule has 1 aromatic carbocycles. The zero-order valence-electron chi connectivity index (χ0n) is 19.5. The number of fused-ring (bicyclic) bond motifs is 2. The molecule has 2 N–H and O–H groups in total. The van der Waals surface area contributed by atoms with E-state index < -0.39 is 30.2 Å². The molecule has 0 amide bonds. The van der Waals surface area contributed by atoms with Crippen LogP contribution >= 0.6 is 0 Å². The zero-order chi connectivity index (χ0) is 25.6. The molecule has 4 aromatic rings. The number of nitrogens with two attached hydrogens (primary N) is 1. The third-order valence-corrected chi connectivity index (χ3v) is 6.33. The summed E-state index contributed by atoms with van der Waals surface area (Å²) in [6.45, 7) is 2.13. The van der Waals surface area contributed by atoms with Gasteiger partial charge in [-0.05, 0) is 30.7 Å². The van der Waals surface area contributed by atoms with Gasteiger partial charge in [-0.1, -0.05) is 12.1 Å². The first-order valence-corrected chi connectivity index (χ1v) is 11.4. The maximum absolute atomic E-state index is 14.3. The van der Waals surface area contributed by atoms with E-state index in [4.69, 9.17) is 15.2 Å². The van der Waals surface area contributed by atoms with Crippen molar-refractivity contribution in [3.8, 4) is 17.3 Å². The van der Waals surface area contributed by atoms with Gasteiger partial charge in [-0.2, -0.15) is 13.2 Å². The standard InChI is InChI=1S/C24H24F4N6O2/c1-3-36-19-9-18-13(8-15(19)25)4-6-17(30-18)23-32-31-21-7-5-14(10-34(21)23)22(24(26,27)28)33-11-16(29)20(12-33)35-2/h4-10,16,20,22H,3,11-12,29H2,1-2H3. The van der Waals surface area contributed by atoms with Crippen molar-refractivity contribution < 1.29 is 27.0 Å². The van der Waals surface area contributed by atoms with E-state index in [1.807, 2.05) is 0 Å². The molecule has 0 bridgehead atoms. The minimum atomic E-state index is -4.55. The molecule has 8 nitrogen and oxygen atoms in total. The first kappa shape index (κ1) is 24.3. The lowest BCUT2D eigenvalue weighted by molar-refractivity contribution is -0.184. The lowest BCUT2D eigenvalue weighted by Crippen LogP contribution is -2.38. The van der Waals surface area contributed by atoms with Gasteiger partial charge in [0.2, 0.25) is 0 Å². The van der Waals surface area contributed by atoms with Crippen LogP contribution in [0, 0.1) is 5.82 Å². The quantitative estimate of drug-likeness (QED) is 0.400. The number of methoxy groups -OCH3 is 1. The van der Waals surface area contributed by atoms with Gasteiger partial charge in [0.15, 0.2) is 23.0 Å². The van der Waals surface area contributed by atoms with Crippen molar-refractivity contribution >= 4 is 16.6 Å². The molecule has 0 aliphatic carbocycles. The Labute approximate surface area is 203 Å². The van der Waals surface area contributed by atoms with Crippen molar-refractivity contribution in [2.45, 2.75) is 31.3 Å². The highest BCUT2D eigenvalue weighted by atomic mass is 19.4. The predicted molar refractivity (Wildman–Crippen MR) is 124 cm³/mol. The van der Waals surface area contributed by atoms with Crippen LogP contribution in [-0.4, -0.2) is 69.6 Å². The van der Waals surface area contributed by atoms with E-state index in [1.54, 1.807) is 19.1 Å². The van der Waals surface area contributed by atoms with Gasteiger partial charge >= 0.3 is 6.18 Å². The fourth-order valence-corrected chi connectivity index (χ4v) is 4.65. The number of ether oxygens (including phenoxy) is 2. The van der Waals surface area contributed by atoms with Gasteiger partial charge in [-0.25, -0.2) is 9.37 Å². The number of benzene rings is 1. The Morgan fingerprint density at radius 1 is 1.14 bits per heavy atom. The number of hydrogen-bond donors (Lipinski definition) is 1. The van der Waals surface area contributed by atoms with Gasteiger partial charge in [0.1, 0.15) is 11.7 Å². The average Bonchev–Trinajstić information content (AvgIpc) is 3.41. The number of likely N-dealkylation sites (tertiary alicyclic amines) is 1. The van der Waals surface area contributed by atoms with Crippen LogP contribution in [-0.2, 0) is 4.74 Å². The highest BCUT2D eigenvalue weighted by Gasteiger charge is 2.48. The number of rotatable bonds is 6. The minimum Gasteiger partial charge on any atom is -0.491 e. The van der Waals surface area contributed by atoms with Crippen LogP contribution in [0.25, 0.3) is 28.1 Å². The molecule has 1 aliphatic rings. The molecular weight excluding hydrogens is 480 g/mol. The summed E-state index contributed by atoms with van der Waals surface area (Å²) in [5.41, 5.74) is 7.19. The summed E-state index contributed by atoms with van der Waals surface area (Å²) in [4.78, 5) is 5.83. The number of alkyl halides is 3. The molecule has 3 unspecified atom stereocenters. The molecule has 0 radical (unpaired) electrons. The predicted octanol–water partition coefficient (Wildman–Crippen LogP) is 3.74. The van der Waals surface area contributed by atoms with Crippen LogP contribution in [0.15, 0.2) is 42.6 Å². The van der Waals surface area contributed by atoms with Crippen LogP contribution < -0.4 is 10.5 Å². The van der Waals surface area contributed by atoms with E-state index in [0.29, 0.717) is 22.2 Å². The molecule has 3 aromatic heterocycles. The molecule has 12 heteroatoms. The lowest BCUT2D eigenvalue weighted by atomic mass is 10.1. The number of halogens is 4. The average molecular weight is 504 g/mol. The summed E-state index contributed by atoms with van der Waals surface area (Å²) in [6.07, 6.45) is -3.67. The molecule has 3 atom stereocenters. The second-order valence-corrected chi connectivity index (χ2v) is 8.66. The number of nitrogens with zero attached hydrogens (tertiary/aromatic N) is 5. The van der Waals surface area contributed by atoms with Crippen molar-refractivity contribution in [1.82, 2.24) is 24.5 Å². The zero-order valence-corrected chi connectivity index (χ0v) is 19.5. The maximum atomic E-state index is 14.3. The normalized spacial score (nSPS) is 19.9. The van der Waals surface area contributed by atoms with E-state index in [0.717, 1.165) is 0 Å². The second kappa shape index (κ2) is 9.26. The number of hydrogen-bond acceptors (Lipinski definition) is 7. The highest BCUT2D eigenvalue weighted by Crippen LogP contribution is 2.40. The Hall–Kier alpha value is -3.35. The Morgan fingerprint density at radius 3 is 2.64 bits per heavy atom. The summed E-state index contributed by atoms with van der Waals surface area (Å²) in [5, 5.41) is 8.79. The van der Waals surface area contributed by atoms with Crippen LogP contribution in [0.4, 0.5) is 17.6 Å². The summed E-state index contributed by atoms with van der Waals surface area (Å²) in [5.74, 6) is -0.189. The first-order valence-electron chi connectivity index (χ1n) is 11.4. The molecular formula is C24H24F4N6O2. The fraction of sp³-hybridized carbons (Fsp3) is 0.375. The van der Waals surface area contributed by atoms with Crippen molar-refractivity contribution in [3.63, 3.8) is 0 Å². The van der Waals surface area contributed by atoms with Crippen LogP contribution in [0.5, 0.6) is 5.75 Å². The van der Waals surface area contributed by atoms with Crippen molar-refractivity contribution in [2.24, 2.45) is 5.73 Å². The summed E-state index contributed by atoms with van der Waals surface area (Å²) in [6, 6.07) is 6.55. The summed E-state index contributed by atoms with van der Waals surface area (Å²) < 4.78 is 69.0. The molecule has 1 saturated heterocycles. The van der Waals surface area contributed by atoms with Gasteiger partial charge in [0, 0.05) is 43.9 Å². The molecule has 0 saturated carbocycles. The third kappa shape index (κ3) is 4.36. The van der Waals surface area contributed by atoms with Crippen LogP contribution in [0.3, 0.4) is 0 Å². The van der Waals surface area contributed by atoms with Gasteiger partial charge in [0.05, 0.1) is 18.2 Å². The second-order valence-electron chi connectivity index (χ2n) is 8.66. The number of aromatic nitrogens is 4. The Balaban J connectivity index is 1.57. The SMILES string of the molecule is CCOc1cc2nc(-c3nnc4ccc(C(N5CC(N)C(OC)C5)C(F)(F)F)cn34)ccc2cc1F. The van der Waals surface area contributed by atoms with Crippen molar-refractivity contribution in [2.75, 3.05) is 26.8 Å². The van der Waals surface area contributed by atoms with Gasteiger partial charge in [0.25, 0.3) is 0 Å². The highest BCUT2D eigenvalue weighted by molar-refractivity contribution is 5.82. The first-order chi connectivity index (χ1) is 17.2. The minimum absolute atomic E-state index is 0.0153. The topological polar surface area (TPSA) is 90.8 Å².